The van der Waals surface area contributed by atoms with E-state index in [9.17, 15) is 4.79 Å². The number of amides is 1. The Labute approximate surface area is 161 Å². The van der Waals surface area contributed by atoms with Crippen molar-refractivity contribution in [1.29, 1.82) is 0 Å². The predicted octanol–water partition coefficient (Wildman–Crippen LogP) is 4.72. The summed E-state index contributed by atoms with van der Waals surface area (Å²) in [7, 11) is 0. The highest BCUT2D eigenvalue weighted by atomic mass is 16.5. The highest BCUT2D eigenvalue weighted by Crippen LogP contribution is 2.39. The van der Waals surface area contributed by atoms with Crippen LogP contribution in [0, 0.1) is 27.7 Å². The van der Waals surface area contributed by atoms with E-state index in [4.69, 9.17) is 9.47 Å². The molecule has 1 atom stereocenters. The summed E-state index contributed by atoms with van der Waals surface area (Å²) in [4.78, 5) is 12.6. The molecule has 4 heteroatoms. The molecular formula is C23H29NO3. The van der Waals surface area contributed by atoms with Crippen LogP contribution < -0.4 is 14.8 Å². The second-order valence-electron chi connectivity index (χ2n) is 8.22. The van der Waals surface area contributed by atoms with Crippen molar-refractivity contribution < 1.29 is 14.3 Å². The Morgan fingerprint density at radius 2 is 1.89 bits per heavy atom. The molecule has 3 rings (SSSR count). The Hall–Kier alpha value is -2.49. The summed E-state index contributed by atoms with van der Waals surface area (Å²) in [6.07, 6.45) is 0.720. The molecule has 1 heterocycles. The van der Waals surface area contributed by atoms with Gasteiger partial charge in [0, 0.05) is 12.0 Å². The molecule has 0 spiro atoms. The van der Waals surface area contributed by atoms with Gasteiger partial charge in [0.15, 0.2) is 6.61 Å². The van der Waals surface area contributed by atoms with Crippen molar-refractivity contribution in [3.8, 4) is 11.5 Å². The highest BCUT2D eigenvalue weighted by molar-refractivity contribution is 5.78. The molecule has 0 aromatic heterocycles. The minimum Gasteiger partial charge on any atom is -0.487 e. The van der Waals surface area contributed by atoms with Gasteiger partial charge in [0.2, 0.25) is 0 Å². The molecule has 27 heavy (non-hydrogen) atoms. The maximum Gasteiger partial charge on any atom is 0.258 e. The number of hydrogen-bond acceptors (Lipinski definition) is 3. The maximum atomic E-state index is 12.6. The number of benzene rings is 2. The molecule has 0 saturated heterocycles. The van der Waals surface area contributed by atoms with Crippen LogP contribution in [-0.4, -0.2) is 18.1 Å². The minimum absolute atomic E-state index is 0.00269. The van der Waals surface area contributed by atoms with E-state index in [1.807, 2.05) is 52.8 Å². The van der Waals surface area contributed by atoms with Gasteiger partial charge in [-0.05, 0) is 75.9 Å². The van der Waals surface area contributed by atoms with Crippen LogP contribution in [0.4, 0.5) is 0 Å². The second kappa shape index (κ2) is 7.26. The SMILES string of the molecule is Cc1ccc2c(c1)OC(C)(C)CC2NC(=O)COc1cc(C)cc(C)c1C. The zero-order chi connectivity index (χ0) is 19.8. The van der Waals surface area contributed by atoms with Crippen molar-refractivity contribution in [1.82, 2.24) is 5.32 Å². The molecule has 1 unspecified atom stereocenters. The largest absolute Gasteiger partial charge is 0.487 e. The van der Waals surface area contributed by atoms with Crippen molar-refractivity contribution in [2.45, 2.75) is 59.6 Å². The number of hydrogen-bond donors (Lipinski definition) is 1. The molecular weight excluding hydrogens is 338 g/mol. The van der Waals surface area contributed by atoms with Crippen molar-refractivity contribution >= 4 is 5.91 Å². The maximum absolute atomic E-state index is 12.6. The topological polar surface area (TPSA) is 47.6 Å². The van der Waals surface area contributed by atoms with Crippen LogP contribution in [0.2, 0.25) is 0 Å². The molecule has 4 nitrogen and oxygen atoms in total. The first kappa shape index (κ1) is 19.3. The van der Waals surface area contributed by atoms with E-state index >= 15 is 0 Å². The Kier molecular flexibility index (Phi) is 5.18. The fraction of sp³-hybridized carbons (Fsp3) is 0.435. The third-order valence-corrected chi connectivity index (χ3v) is 5.08. The number of rotatable bonds is 4. The lowest BCUT2D eigenvalue weighted by atomic mass is 9.89. The molecule has 1 N–H and O–H groups in total. The van der Waals surface area contributed by atoms with E-state index in [1.165, 1.54) is 5.56 Å². The zero-order valence-corrected chi connectivity index (χ0v) is 17.1. The first-order valence-corrected chi connectivity index (χ1v) is 9.44. The van der Waals surface area contributed by atoms with Crippen LogP contribution in [0.5, 0.6) is 11.5 Å². The molecule has 1 amide bonds. The molecule has 2 aromatic rings. The minimum atomic E-state index is -0.330. The molecule has 0 aliphatic carbocycles. The normalized spacial score (nSPS) is 17.6. The van der Waals surface area contributed by atoms with Gasteiger partial charge in [0.25, 0.3) is 5.91 Å². The van der Waals surface area contributed by atoms with Gasteiger partial charge in [-0.3, -0.25) is 4.79 Å². The summed E-state index contributed by atoms with van der Waals surface area (Å²) in [5.74, 6) is 1.50. The molecule has 0 radical (unpaired) electrons. The lowest BCUT2D eigenvalue weighted by molar-refractivity contribution is -0.124. The predicted molar refractivity (Wildman–Crippen MR) is 108 cm³/mol. The summed E-state index contributed by atoms with van der Waals surface area (Å²) in [6.45, 7) is 12.2. The quantitative estimate of drug-likeness (QED) is 0.851. The van der Waals surface area contributed by atoms with Crippen LogP contribution in [0.15, 0.2) is 30.3 Å². The van der Waals surface area contributed by atoms with E-state index in [1.54, 1.807) is 0 Å². The number of carbonyl (C=O) groups is 1. The summed E-state index contributed by atoms with van der Waals surface area (Å²) >= 11 is 0. The number of nitrogens with one attached hydrogen (secondary N) is 1. The third-order valence-electron chi connectivity index (χ3n) is 5.08. The van der Waals surface area contributed by atoms with Crippen LogP contribution in [0.3, 0.4) is 0 Å². The fourth-order valence-corrected chi connectivity index (χ4v) is 3.62. The summed E-state index contributed by atoms with van der Waals surface area (Å²) in [5.41, 5.74) is 5.21. The zero-order valence-electron chi connectivity index (χ0n) is 17.1. The van der Waals surface area contributed by atoms with Crippen LogP contribution in [-0.2, 0) is 4.79 Å². The van der Waals surface area contributed by atoms with Gasteiger partial charge in [-0.15, -0.1) is 0 Å². The standard InChI is InChI=1S/C23H29NO3/c1-14-7-8-18-19(12-23(5,6)27-21(18)10-14)24-22(25)13-26-20-11-15(2)9-16(3)17(20)4/h7-11,19H,12-13H2,1-6H3,(H,24,25). The van der Waals surface area contributed by atoms with Crippen LogP contribution >= 0.6 is 0 Å². The second-order valence-corrected chi connectivity index (χ2v) is 8.22. The number of carbonyl (C=O) groups excluding carboxylic acids is 1. The van der Waals surface area contributed by atoms with Crippen molar-refractivity contribution in [2.24, 2.45) is 0 Å². The van der Waals surface area contributed by atoms with Gasteiger partial charge in [0.1, 0.15) is 17.1 Å². The van der Waals surface area contributed by atoms with E-state index in [0.29, 0.717) is 0 Å². The number of ether oxygens (including phenoxy) is 2. The first-order valence-electron chi connectivity index (χ1n) is 9.44. The van der Waals surface area contributed by atoms with Gasteiger partial charge in [0.05, 0.1) is 6.04 Å². The molecule has 1 aliphatic rings. The Morgan fingerprint density at radius 3 is 2.63 bits per heavy atom. The van der Waals surface area contributed by atoms with Gasteiger partial charge in [-0.1, -0.05) is 18.2 Å². The first-order chi connectivity index (χ1) is 12.6. The fourth-order valence-electron chi connectivity index (χ4n) is 3.62. The van der Waals surface area contributed by atoms with Gasteiger partial charge >= 0.3 is 0 Å². The molecule has 1 aliphatic heterocycles. The average molecular weight is 367 g/mol. The Balaban J connectivity index is 1.71. The summed E-state index contributed by atoms with van der Waals surface area (Å²) < 4.78 is 11.9. The third kappa shape index (κ3) is 4.44. The van der Waals surface area contributed by atoms with Gasteiger partial charge < -0.3 is 14.8 Å². The number of fused-ring (bicyclic) bond motifs is 1. The molecule has 0 saturated carbocycles. The summed E-state index contributed by atoms with van der Waals surface area (Å²) in [6, 6.07) is 10.1. The van der Waals surface area contributed by atoms with E-state index in [0.717, 1.165) is 40.2 Å². The monoisotopic (exact) mass is 367 g/mol. The van der Waals surface area contributed by atoms with E-state index in [2.05, 4.69) is 24.4 Å². The van der Waals surface area contributed by atoms with Crippen molar-refractivity contribution in [3.63, 3.8) is 0 Å². The molecule has 144 valence electrons. The lowest BCUT2D eigenvalue weighted by Gasteiger charge is -2.38. The van der Waals surface area contributed by atoms with Gasteiger partial charge in [-0.25, -0.2) is 0 Å². The van der Waals surface area contributed by atoms with Crippen LogP contribution in [0.1, 0.15) is 54.1 Å². The van der Waals surface area contributed by atoms with Crippen molar-refractivity contribution in [3.05, 3.63) is 58.1 Å². The van der Waals surface area contributed by atoms with Crippen LogP contribution in [0.25, 0.3) is 0 Å². The van der Waals surface area contributed by atoms with E-state index < -0.39 is 0 Å². The highest BCUT2D eigenvalue weighted by Gasteiger charge is 2.34. The lowest BCUT2D eigenvalue weighted by Crippen LogP contribution is -2.42. The van der Waals surface area contributed by atoms with Crippen molar-refractivity contribution in [2.75, 3.05) is 6.61 Å². The Bertz CT molecular complexity index is 870. The molecule has 0 fully saturated rings. The average Bonchev–Trinajstić information content (AvgIpc) is 2.55. The summed E-state index contributed by atoms with van der Waals surface area (Å²) in [5, 5.41) is 3.13. The van der Waals surface area contributed by atoms with E-state index in [-0.39, 0.29) is 24.2 Å². The molecule has 0 bridgehead atoms. The van der Waals surface area contributed by atoms with Gasteiger partial charge in [-0.2, -0.15) is 0 Å². The molecule has 2 aromatic carbocycles. The number of aryl methyl sites for hydroxylation is 3. The Morgan fingerprint density at radius 1 is 1.15 bits per heavy atom. The smallest absolute Gasteiger partial charge is 0.258 e.